The Labute approximate surface area is 81.7 Å². The van der Waals surface area contributed by atoms with Gasteiger partial charge in [0.2, 0.25) is 0 Å². The molecule has 76 valence electrons. The molecular weight excluding hydrogens is 207 g/mol. The molecule has 10 N–H and O–H groups in total. The molecule has 0 amide bonds. The van der Waals surface area contributed by atoms with E-state index in [0.29, 0.717) is 0 Å². The van der Waals surface area contributed by atoms with Gasteiger partial charge < -0.3 is 12.3 Å². The van der Waals surface area contributed by atoms with Crippen LogP contribution in [0.25, 0.3) is 0 Å². The highest BCUT2D eigenvalue weighted by Crippen LogP contribution is 2.47. The number of hydrogen-bond acceptors (Lipinski definition) is 4. The van der Waals surface area contributed by atoms with Crippen molar-refractivity contribution >= 4 is 18.0 Å². The molecule has 0 aliphatic heterocycles. The molecule has 0 radical (unpaired) electrons. The summed E-state index contributed by atoms with van der Waals surface area (Å²) in [6, 6.07) is 9.20. The van der Waals surface area contributed by atoms with Crippen LogP contribution >= 0.6 is 18.0 Å². The van der Waals surface area contributed by atoms with Crippen LogP contribution in [-0.4, -0.2) is 0 Å². The van der Waals surface area contributed by atoms with E-state index in [0.717, 1.165) is 16.3 Å². The van der Waals surface area contributed by atoms with Crippen LogP contribution in [0.1, 0.15) is 0 Å². The largest absolute Gasteiger partial charge is 0.344 e. The lowest BCUT2D eigenvalue weighted by molar-refractivity contribution is 0.587. The molecule has 0 fully saturated rings. The molecule has 1 aromatic carbocycles. The summed E-state index contributed by atoms with van der Waals surface area (Å²) in [4.78, 5) is 0.834. The van der Waals surface area contributed by atoms with Crippen LogP contribution < -0.4 is 23.3 Å². The van der Waals surface area contributed by atoms with Gasteiger partial charge in [-0.25, -0.2) is 0 Å². The minimum absolute atomic E-state index is 0. The first kappa shape index (κ1) is 15.1. The molecular formula is C6H15N4OPS. The lowest BCUT2D eigenvalue weighted by atomic mass is 10.4. The molecule has 0 unspecified atom stereocenters. The van der Waals surface area contributed by atoms with Gasteiger partial charge in [-0.05, 0) is 23.5 Å². The van der Waals surface area contributed by atoms with Gasteiger partial charge in [0.25, 0.3) is 6.65 Å². The Morgan fingerprint density at radius 3 is 1.92 bits per heavy atom. The molecule has 0 aromatic heterocycles. The van der Waals surface area contributed by atoms with Crippen molar-refractivity contribution < 1.29 is 4.57 Å². The average Bonchev–Trinajstić information content (AvgIpc) is 1.85. The quantitative estimate of drug-likeness (QED) is 0.565. The van der Waals surface area contributed by atoms with Crippen molar-refractivity contribution in [3.05, 3.63) is 30.3 Å². The van der Waals surface area contributed by atoms with Crippen molar-refractivity contribution in [2.24, 2.45) is 11.0 Å². The van der Waals surface area contributed by atoms with E-state index in [1.165, 1.54) is 0 Å². The summed E-state index contributed by atoms with van der Waals surface area (Å²) >= 11 is 1.01. The Balaban J connectivity index is 0. The van der Waals surface area contributed by atoms with Gasteiger partial charge in [-0.3, -0.25) is 15.6 Å². The number of benzene rings is 1. The minimum atomic E-state index is -2.97. The smallest absolute Gasteiger partial charge is 0.265 e. The second-order valence-electron chi connectivity index (χ2n) is 2.05. The highest BCUT2D eigenvalue weighted by molar-refractivity contribution is 8.56. The predicted octanol–water partition coefficient (Wildman–Crippen LogP) is 2.13. The van der Waals surface area contributed by atoms with Crippen molar-refractivity contribution in [1.29, 1.82) is 0 Å². The summed E-state index contributed by atoms with van der Waals surface area (Å²) < 4.78 is 10.9. The number of hydrogen-bond donors (Lipinski definition) is 4. The fourth-order valence-corrected chi connectivity index (χ4v) is 2.61. The van der Waals surface area contributed by atoms with E-state index in [-0.39, 0.29) is 12.3 Å². The van der Waals surface area contributed by atoms with Crippen LogP contribution in [-0.2, 0) is 4.57 Å². The Morgan fingerprint density at radius 2 is 1.54 bits per heavy atom. The van der Waals surface area contributed by atoms with Crippen LogP contribution in [0, 0.1) is 0 Å². The van der Waals surface area contributed by atoms with Gasteiger partial charge in [0, 0.05) is 4.90 Å². The fourth-order valence-electron chi connectivity index (χ4n) is 0.646. The lowest BCUT2D eigenvalue weighted by Gasteiger charge is -2.03. The van der Waals surface area contributed by atoms with E-state index in [9.17, 15) is 4.57 Å². The zero-order chi connectivity index (χ0) is 8.32. The average molecular weight is 222 g/mol. The first-order valence-electron chi connectivity index (χ1n) is 3.00. The van der Waals surface area contributed by atoms with E-state index in [1.54, 1.807) is 0 Å². The van der Waals surface area contributed by atoms with E-state index >= 15 is 0 Å². The van der Waals surface area contributed by atoms with E-state index in [1.807, 2.05) is 30.3 Å². The van der Waals surface area contributed by atoms with Crippen LogP contribution in [0.3, 0.4) is 0 Å². The third-order valence-corrected chi connectivity index (χ3v) is 3.25. The summed E-state index contributed by atoms with van der Waals surface area (Å²) in [5.41, 5.74) is 10.3. The fraction of sp³-hybridized carbons (Fsp3) is 0. The van der Waals surface area contributed by atoms with Crippen LogP contribution in [0.4, 0.5) is 0 Å². The normalized spacial score (nSPS) is 9.69. The van der Waals surface area contributed by atoms with Crippen molar-refractivity contribution in [3.63, 3.8) is 0 Å². The highest BCUT2D eigenvalue weighted by Gasteiger charge is 2.09. The predicted molar refractivity (Wildman–Crippen MR) is 58.3 cm³/mol. The molecule has 0 bridgehead atoms. The maximum atomic E-state index is 10.9. The third kappa shape index (κ3) is 6.77. The molecule has 0 aliphatic carbocycles. The maximum Gasteiger partial charge on any atom is 0.265 e. The summed E-state index contributed by atoms with van der Waals surface area (Å²) in [6.07, 6.45) is 0. The van der Waals surface area contributed by atoms with E-state index in [4.69, 9.17) is 11.0 Å². The summed E-state index contributed by atoms with van der Waals surface area (Å²) in [5, 5.41) is 0. The molecule has 7 heteroatoms. The maximum absolute atomic E-state index is 10.9. The molecule has 0 saturated carbocycles. The molecule has 0 spiro atoms. The molecule has 0 saturated heterocycles. The molecule has 0 atom stereocenters. The van der Waals surface area contributed by atoms with Crippen LogP contribution in [0.2, 0.25) is 0 Å². The van der Waals surface area contributed by atoms with Crippen molar-refractivity contribution in [2.45, 2.75) is 4.90 Å². The molecule has 13 heavy (non-hydrogen) atoms. The summed E-state index contributed by atoms with van der Waals surface area (Å²) in [5.74, 6) is 0. The summed E-state index contributed by atoms with van der Waals surface area (Å²) in [6.45, 7) is -2.97. The first-order valence-corrected chi connectivity index (χ1v) is 6.26. The zero-order valence-electron chi connectivity index (χ0n) is 7.22. The summed E-state index contributed by atoms with van der Waals surface area (Å²) in [7, 11) is 0. The van der Waals surface area contributed by atoms with Crippen LogP contribution in [0.15, 0.2) is 35.2 Å². The van der Waals surface area contributed by atoms with Gasteiger partial charge in [-0.2, -0.15) is 0 Å². The van der Waals surface area contributed by atoms with Crippen LogP contribution in [0.5, 0.6) is 0 Å². The van der Waals surface area contributed by atoms with Crippen molar-refractivity contribution in [3.8, 4) is 0 Å². The monoisotopic (exact) mass is 222 g/mol. The standard InChI is InChI=1S/C6H9N2OPS.2H3N/c7-10(8,9)11-6-4-2-1-3-5-6;;/h1-5H,(H4,7,8,9);2*1H3. The Morgan fingerprint density at radius 1 is 1.08 bits per heavy atom. The number of nitrogens with two attached hydrogens (primary N) is 2. The molecule has 0 heterocycles. The van der Waals surface area contributed by atoms with Crippen molar-refractivity contribution in [1.82, 2.24) is 12.3 Å². The van der Waals surface area contributed by atoms with E-state index in [2.05, 4.69) is 0 Å². The number of rotatable bonds is 2. The zero-order valence-corrected chi connectivity index (χ0v) is 8.93. The Hall–Kier alpha value is -0.360. The Kier molecular flexibility index (Phi) is 7.15. The third-order valence-electron chi connectivity index (χ3n) is 0.991. The van der Waals surface area contributed by atoms with Gasteiger partial charge in [-0.15, -0.1) is 0 Å². The molecule has 5 nitrogen and oxygen atoms in total. The molecule has 1 aromatic rings. The second-order valence-corrected chi connectivity index (χ2v) is 6.25. The minimum Gasteiger partial charge on any atom is -0.344 e. The Bertz CT molecular complexity index is 275. The highest BCUT2D eigenvalue weighted by atomic mass is 32.7. The SMILES string of the molecule is N.N.NP(N)(=O)Sc1ccccc1. The van der Waals surface area contributed by atoms with Gasteiger partial charge in [0.05, 0.1) is 0 Å². The molecule has 1 rings (SSSR count). The van der Waals surface area contributed by atoms with Gasteiger partial charge in [0.15, 0.2) is 0 Å². The first-order chi connectivity index (χ1) is 5.08. The van der Waals surface area contributed by atoms with Gasteiger partial charge in [-0.1, -0.05) is 18.2 Å². The topological polar surface area (TPSA) is 139 Å². The molecule has 0 aliphatic rings. The van der Waals surface area contributed by atoms with Crippen molar-refractivity contribution in [2.75, 3.05) is 0 Å². The van der Waals surface area contributed by atoms with E-state index < -0.39 is 6.65 Å². The van der Waals surface area contributed by atoms with Gasteiger partial charge >= 0.3 is 0 Å². The second kappa shape index (κ2) is 6.15. The lowest BCUT2D eigenvalue weighted by Crippen LogP contribution is -1.99. The van der Waals surface area contributed by atoms with Gasteiger partial charge in [0.1, 0.15) is 0 Å².